The molecule has 0 radical (unpaired) electrons. The second-order valence-corrected chi connectivity index (χ2v) is 4.02. The van der Waals surface area contributed by atoms with E-state index in [1.807, 2.05) is 6.92 Å². The molecular weight excluding hydrogens is 196 g/mol. The molecule has 3 amide bonds. The fourth-order valence-electron chi connectivity index (χ4n) is 1.54. The Morgan fingerprint density at radius 1 is 1.40 bits per heavy atom. The van der Waals surface area contributed by atoms with Crippen molar-refractivity contribution < 1.29 is 14.3 Å². The number of carbonyl (C=O) groups excluding carboxylic acids is 2. The highest BCUT2D eigenvalue weighted by atomic mass is 16.5. The Kier molecular flexibility index (Phi) is 3.68. The second-order valence-electron chi connectivity index (χ2n) is 4.02. The molecule has 5 nitrogen and oxygen atoms in total. The Hall–Kier alpha value is -1.10. The fourth-order valence-corrected chi connectivity index (χ4v) is 1.54. The van der Waals surface area contributed by atoms with Crippen molar-refractivity contribution in [3.05, 3.63) is 0 Å². The van der Waals surface area contributed by atoms with Crippen LogP contribution in [0.15, 0.2) is 0 Å². The van der Waals surface area contributed by atoms with Gasteiger partial charge >= 0.3 is 6.03 Å². The van der Waals surface area contributed by atoms with Crippen molar-refractivity contribution in [2.24, 2.45) is 0 Å². The number of nitrogens with zero attached hydrogens (tertiary/aromatic N) is 1. The molecular formula is C10H18N2O3. The lowest BCUT2D eigenvalue weighted by molar-refractivity contribution is -0.125. The lowest BCUT2D eigenvalue weighted by Crippen LogP contribution is -2.44. The number of carbonyl (C=O) groups is 2. The zero-order chi connectivity index (χ0) is 11.5. The SMILES string of the molecule is CCOCCCN1C(=O)NC(=O)C1(C)C. The van der Waals surface area contributed by atoms with Gasteiger partial charge in [-0.3, -0.25) is 10.1 Å². The highest BCUT2D eigenvalue weighted by Gasteiger charge is 2.44. The molecule has 5 heteroatoms. The smallest absolute Gasteiger partial charge is 0.324 e. The van der Waals surface area contributed by atoms with Gasteiger partial charge in [-0.15, -0.1) is 0 Å². The molecule has 86 valence electrons. The monoisotopic (exact) mass is 214 g/mol. The number of rotatable bonds is 5. The zero-order valence-corrected chi connectivity index (χ0v) is 9.50. The maximum absolute atomic E-state index is 11.4. The van der Waals surface area contributed by atoms with Crippen molar-refractivity contribution in [2.75, 3.05) is 19.8 Å². The maximum Gasteiger partial charge on any atom is 0.324 e. The average molecular weight is 214 g/mol. The number of amides is 3. The van der Waals surface area contributed by atoms with Crippen LogP contribution in [0, 0.1) is 0 Å². The first-order valence-corrected chi connectivity index (χ1v) is 5.21. The number of nitrogens with one attached hydrogen (secondary N) is 1. The third-order valence-corrected chi connectivity index (χ3v) is 2.57. The second kappa shape index (κ2) is 4.61. The highest BCUT2D eigenvalue weighted by Crippen LogP contribution is 2.20. The van der Waals surface area contributed by atoms with Crippen molar-refractivity contribution in [2.45, 2.75) is 32.7 Å². The summed E-state index contributed by atoms with van der Waals surface area (Å²) >= 11 is 0. The van der Waals surface area contributed by atoms with Gasteiger partial charge in [0.1, 0.15) is 5.54 Å². The Labute approximate surface area is 89.8 Å². The van der Waals surface area contributed by atoms with Crippen LogP contribution in [0.5, 0.6) is 0 Å². The molecule has 0 aliphatic carbocycles. The first-order valence-electron chi connectivity index (χ1n) is 5.21. The maximum atomic E-state index is 11.4. The van der Waals surface area contributed by atoms with Gasteiger partial charge < -0.3 is 9.64 Å². The van der Waals surface area contributed by atoms with Gasteiger partial charge in [0, 0.05) is 19.8 Å². The average Bonchev–Trinajstić information content (AvgIpc) is 2.34. The van der Waals surface area contributed by atoms with Crippen LogP contribution in [0.25, 0.3) is 0 Å². The summed E-state index contributed by atoms with van der Waals surface area (Å²) in [6.07, 6.45) is 0.748. The van der Waals surface area contributed by atoms with Crippen LogP contribution in [0.4, 0.5) is 4.79 Å². The van der Waals surface area contributed by atoms with E-state index in [9.17, 15) is 9.59 Å². The lowest BCUT2D eigenvalue weighted by atomic mass is 10.0. The van der Waals surface area contributed by atoms with Gasteiger partial charge in [0.2, 0.25) is 0 Å². The summed E-state index contributed by atoms with van der Waals surface area (Å²) in [6, 6.07) is -0.304. The van der Waals surface area contributed by atoms with Crippen molar-refractivity contribution >= 4 is 11.9 Å². The summed E-state index contributed by atoms with van der Waals surface area (Å²) < 4.78 is 5.18. The van der Waals surface area contributed by atoms with Crippen LogP contribution in [0.3, 0.4) is 0 Å². The number of hydrogen-bond acceptors (Lipinski definition) is 3. The first kappa shape index (κ1) is 12.0. The number of hydrogen-bond donors (Lipinski definition) is 1. The Morgan fingerprint density at radius 3 is 2.53 bits per heavy atom. The fraction of sp³-hybridized carbons (Fsp3) is 0.800. The Bertz CT molecular complexity index is 263. The van der Waals surface area contributed by atoms with Gasteiger partial charge in [-0.1, -0.05) is 0 Å². The minimum absolute atomic E-state index is 0.232. The van der Waals surface area contributed by atoms with Crippen LogP contribution < -0.4 is 5.32 Å². The minimum Gasteiger partial charge on any atom is -0.382 e. The molecule has 1 aliphatic heterocycles. The van der Waals surface area contributed by atoms with E-state index < -0.39 is 5.54 Å². The standard InChI is InChI=1S/C10H18N2O3/c1-4-15-7-5-6-12-9(14)11-8(13)10(12,2)3/h4-7H2,1-3H3,(H,11,13,14). The third-order valence-electron chi connectivity index (χ3n) is 2.57. The molecule has 1 aliphatic rings. The predicted molar refractivity (Wildman–Crippen MR) is 55.4 cm³/mol. The molecule has 1 rings (SSSR count). The Morgan fingerprint density at radius 2 is 2.07 bits per heavy atom. The van der Waals surface area contributed by atoms with E-state index in [4.69, 9.17) is 4.74 Å². The predicted octanol–water partition coefficient (Wildman–Crippen LogP) is 0.743. The summed E-state index contributed by atoms with van der Waals surface area (Å²) in [5.41, 5.74) is -0.733. The van der Waals surface area contributed by atoms with Crippen LogP contribution in [-0.2, 0) is 9.53 Å². The summed E-state index contributed by atoms with van der Waals surface area (Å²) in [5.74, 6) is -0.232. The number of urea groups is 1. The largest absolute Gasteiger partial charge is 0.382 e. The van der Waals surface area contributed by atoms with Crippen LogP contribution in [0.2, 0.25) is 0 Å². The molecule has 0 aromatic heterocycles. The molecule has 15 heavy (non-hydrogen) atoms. The zero-order valence-electron chi connectivity index (χ0n) is 9.50. The van der Waals surface area contributed by atoms with E-state index >= 15 is 0 Å². The molecule has 1 fully saturated rings. The van der Waals surface area contributed by atoms with E-state index in [2.05, 4.69) is 5.32 Å². The minimum atomic E-state index is -0.733. The highest BCUT2D eigenvalue weighted by molar-refractivity contribution is 6.06. The summed E-state index contributed by atoms with van der Waals surface area (Å²) in [4.78, 5) is 24.4. The molecule has 0 aromatic carbocycles. The molecule has 0 saturated carbocycles. The molecule has 0 aromatic rings. The molecule has 1 heterocycles. The van der Waals surface area contributed by atoms with E-state index in [-0.39, 0.29) is 11.9 Å². The summed E-state index contributed by atoms with van der Waals surface area (Å²) in [7, 11) is 0. The molecule has 1 saturated heterocycles. The van der Waals surface area contributed by atoms with Gasteiger partial charge in [0.25, 0.3) is 5.91 Å². The van der Waals surface area contributed by atoms with E-state index in [0.717, 1.165) is 6.42 Å². The summed E-state index contributed by atoms with van der Waals surface area (Å²) in [6.45, 7) is 7.25. The molecule has 0 atom stereocenters. The molecule has 0 bridgehead atoms. The quantitative estimate of drug-likeness (QED) is 0.542. The lowest BCUT2D eigenvalue weighted by Gasteiger charge is -2.27. The van der Waals surface area contributed by atoms with Gasteiger partial charge in [0.05, 0.1) is 0 Å². The van der Waals surface area contributed by atoms with Crippen LogP contribution in [0.1, 0.15) is 27.2 Å². The van der Waals surface area contributed by atoms with Gasteiger partial charge in [-0.25, -0.2) is 4.79 Å². The molecule has 0 unspecified atom stereocenters. The van der Waals surface area contributed by atoms with Crippen LogP contribution >= 0.6 is 0 Å². The number of imide groups is 1. The van der Waals surface area contributed by atoms with Crippen molar-refractivity contribution in [1.29, 1.82) is 0 Å². The van der Waals surface area contributed by atoms with Crippen molar-refractivity contribution in [3.8, 4) is 0 Å². The van der Waals surface area contributed by atoms with E-state index in [1.54, 1.807) is 18.7 Å². The van der Waals surface area contributed by atoms with Gasteiger partial charge in [0.15, 0.2) is 0 Å². The normalized spacial score (nSPS) is 19.5. The van der Waals surface area contributed by atoms with Crippen LogP contribution in [-0.4, -0.2) is 42.1 Å². The van der Waals surface area contributed by atoms with Gasteiger partial charge in [-0.05, 0) is 27.2 Å². The molecule has 1 N–H and O–H groups in total. The topological polar surface area (TPSA) is 58.6 Å². The van der Waals surface area contributed by atoms with Crippen molar-refractivity contribution in [1.82, 2.24) is 10.2 Å². The van der Waals surface area contributed by atoms with Gasteiger partial charge in [-0.2, -0.15) is 0 Å². The van der Waals surface area contributed by atoms with E-state index in [1.165, 1.54) is 0 Å². The number of ether oxygens (including phenoxy) is 1. The van der Waals surface area contributed by atoms with E-state index in [0.29, 0.717) is 19.8 Å². The Balaban J connectivity index is 2.46. The van der Waals surface area contributed by atoms with Crippen molar-refractivity contribution in [3.63, 3.8) is 0 Å². The third kappa shape index (κ3) is 2.47. The summed E-state index contributed by atoms with van der Waals surface area (Å²) in [5, 5.41) is 2.31. The molecule has 0 spiro atoms. The first-order chi connectivity index (χ1) is 7.00.